The first-order valence-electron chi connectivity index (χ1n) is 9.41. The van der Waals surface area contributed by atoms with Crippen LogP contribution in [0, 0.1) is 0 Å². The van der Waals surface area contributed by atoms with Gasteiger partial charge in [0.2, 0.25) is 0 Å². The molecule has 0 aromatic heterocycles. The number of fused-ring (bicyclic) bond motifs is 1. The van der Waals surface area contributed by atoms with E-state index in [2.05, 4.69) is 4.90 Å². The van der Waals surface area contributed by atoms with E-state index >= 15 is 0 Å². The van der Waals surface area contributed by atoms with Gasteiger partial charge in [-0.25, -0.2) is 0 Å². The minimum Gasteiger partial charge on any atom is -0.535 e. The average Bonchev–Trinajstić information content (AvgIpc) is 2.61. The van der Waals surface area contributed by atoms with E-state index in [0.717, 1.165) is 38.0 Å². The molecule has 6 nitrogen and oxygen atoms in total. The molecule has 26 heavy (non-hydrogen) atoms. The number of benzene rings is 1. The van der Waals surface area contributed by atoms with Gasteiger partial charge in [0.1, 0.15) is 11.5 Å². The molecule has 0 radical (unpaired) electrons. The molecule has 140 valence electrons. The second kappa shape index (κ2) is 8.33. The lowest BCUT2D eigenvalue weighted by Gasteiger charge is -2.30. The maximum Gasteiger partial charge on any atom is 0.526 e. The summed E-state index contributed by atoms with van der Waals surface area (Å²) in [5, 5.41) is 10.3. The first-order chi connectivity index (χ1) is 12.4. The summed E-state index contributed by atoms with van der Waals surface area (Å²) >= 11 is 0. The Balaban J connectivity index is 1.54. The Hall–Kier alpha value is -1.70. The smallest absolute Gasteiger partial charge is 0.526 e. The third kappa shape index (κ3) is 4.52. The van der Waals surface area contributed by atoms with Gasteiger partial charge >= 0.3 is 7.12 Å². The third-order valence-corrected chi connectivity index (χ3v) is 5.43. The molecule has 0 saturated carbocycles. The van der Waals surface area contributed by atoms with Crippen molar-refractivity contribution in [2.24, 2.45) is 5.73 Å². The Morgan fingerprint density at radius 1 is 1.35 bits per heavy atom. The van der Waals surface area contributed by atoms with E-state index in [-0.39, 0.29) is 29.8 Å². The topological polar surface area (TPSA) is 92.9 Å². The highest BCUT2D eigenvalue weighted by Gasteiger charge is 2.37. The molecular formula is C19H27BN2O4. The Morgan fingerprint density at radius 2 is 2.08 bits per heavy atom. The van der Waals surface area contributed by atoms with Crippen LogP contribution in [0.3, 0.4) is 0 Å². The van der Waals surface area contributed by atoms with Crippen molar-refractivity contribution in [2.45, 2.75) is 50.9 Å². The van der Waals surface area contributed by atoms with Gasteiger partial charge in [-0.1, -0.05) is 12.1 Å². The van der Waals surface area contributed by atoms with Crippen molar-refractivity contribution in [3.63, 3.8) is 0 Å². The molecule has 1 aromatic carbocycles. The number of ketones is 2. The summed E-state index contributed by atoms with van der Waals surface area (Å²) in [5.74, 6) is 0.233. The maximum absolute atomic E-state index is 12.4. The van der Waals surface area contributed by atoms with Crippen molar-refractivity contribution in [3.05, 3.63) is 29.3 Å². The largest absolute Gasteiger partial charge is 0.535 e. The summed E-state index contributed by atoms with van der Waals surface area (Å²) in [6.07, 6.45) is 3.29. The van der Waals surface area contributed by atoms with E-state index in [0.29, 0.717) is 24.2 Å². The molecule has 0 spiro atoms. The van der Waals surface area contributed by atoms with Gasteiger partial charge in [-0.05, 0) is 50.9 Å². The highest BCUT2D eigenvalue weighted by atomic mass is 16.5. The van der Waals surface area contributed by atoms with Crippen molar-refractivity contribution in [1.82, 2.24) is 4.90 Å². The van der Waals surface area contributed by atoms with Crippen molar-refractivity contribution < 1.29 is 19.3 Å². The van der Waals surface area contributed by atoms with Crippen LogP contribution >= 0.6 is 0 Å². The highest BCUT2D eigenvalue weighted by molar-refractivity contribution is 6.47. The Labute approximate surface area is 154 Å². The van der Waals surface area contributed by atoms with E-state index < -0.39 is 7.12 Å². The predicted octanol–water partition coefficient (Wildman–Crippen LogP) is 1.45. The van der Waals surface area contributed by atoms with Crippen LogP contribution in [0.5, 0.6) is 5.75 Å². The number of carbonyl (C=O) groups is 2. The van der Waals surface area contributed by atoms with Crippen LogP contribution in [-0.4, -0.2) is 54.3 Å². The Kier molecular flexibility index (Phi) is 6.11. The number of carbonyl (C=O) groups excluding carboxylic acids is 2. The molecule has 1 atom stereocenters. The number of likely N-dealkylation sites (tertiary alicyclic amines) is 1. The first-order valence-corrected chi connectivity index (χ1v) is 9.41. The van der Waals surface area contributed by atoms with E-state index in [1.807, 2.05) is 12.1 Å². The third-order valence-electron chi connectivity index (χ3n) is 5.43. The fraction of sp³-hybridized carbons (Fsp3) is 0.579. The Morgan fingerprint density at radius 3 is 2.77 bits per heavy atom. The predicted molar refractivity (Wildman–Crippen MR) is 100 cm³/mol. The number of nitrogens with two attached hydrogens (primary N) is 1. The van der Waals surface area contributed by atoms with Crippen LogP contribution in [0.4, 0.5) is 0 Å². The number of nitrogens with zero attached hydrogens (tertiary/aromatic N) is 1. The van der Waals surface area contributed by atoms with Crippen LogP contribution in [0.1, 0.15) is 48.5 Å². The molecule has 2 aliphatic rings. The average molecular weight is 358 g/mol. The molecule has 7 heteroatoms. The van der Waals surface area contributed by atoms with Crippen molar-refractivity contribution in [2.75, 3.05) is 19.6 Å². The van der Waals surface area contributed by atoms with Gasteiger partial charge in [0, 0.05) is 31.2 Å². The monoisotopic (exact) mass is 358 g/mol. The van der Waals surface area contributed by atoms with Gasteiger partial charge in [-0.2, -0.15) is 0 Å². The van der Waals surface area contributed by atoms with Crippen LogP contribution in [0.2, 0.25) is 5.82 Å². The van der Waals surface area contributed by atoms with Gasteiger partial charge in [-0.15, -0.1) is 0 Å². The van der Waals surface area contributed by atoms with E-state index in [4.69, 9.17) is 10.4 Å². The van der Waals surface area contributed by atoms with Crippen LogP contribution in [-0.2, 0) is 11.2 Å². The van der Waals surface area contributed by atoms with Gasteiger partial charge in [0.25, 0.3) is 0 Å². The van der Waals surface area contributed by atoms with E-state index in [1.165, 1.54) is 6.92 Å². The Bertz CT molecular complexity index is 674. The molecule has 0 amide bonds. The van der Waals surface area contributed by atoms with Crippen LogP contribution in [0.25, 0.3) is 0 Å². The summed E-state index contributed by atoms with van der Waals surface area (Å²) in [5.41, 5.74) is 7.27. The summed E-state index contributed by atoms with van der Waals surface area (Å²) < 4.78 is 5.60. The van der Waals surface area contributed by atoms with Crippen molar-refractivity contribution >= 4 is 18.7 Å². The number of para-hydroxylation sites is 1. The fourth-order valence-corrected chi connectivity index (χ4v) is 3.79. The standard InChI is InChI=1S/C19H27BN2O4/c1-13(23)18-4-2-3-14-11-15(20(25)26-19(14)18)12-17(24)7-10-22-8-5-16(21)6-9-22/h2-4,15-16,25H,5-12,21H2,1H3/t15-/m1/s1. The van der Waals surface area contributed by atoms with Gasteiger partial charge < -0.3 is 20.3 Å². The minimum atomic E-state index is -1.06. The molecular weight excluding hydrogens is 331 g/mol. The molecule has 3 N–H and O–H groups in total. The zero-order valence-electron chi connectivity index (χ0n) is 15.3. The van der Waals surface area contributed by atoms with E-state index in [1.54, 1.807) is 6.07 Å². The molecule has 1 fully saturated rings. The first kappa shape index (κ1) is 19.1. The van der Waals surface area contributed by atoms with Gasteiger partial charge in [0.15, 0.2) is 5.78 Å². The maximum atomic E-state index is 12.4. The summed E-state index contributed by atoms with van der Waals surface area (Å²) in [7, 11) is -1.06. The normalized spacial score (nSPS) is 21.2. The number of piperidine rings is 1. The minimum absolute atomic E-state index is 0.0928. The highest BCUT2D eigenvalue weighted by Crippen LogP contribution is 2.36. The fourth-order valence-electron chi connectivity index (χ4n) is 3.79. The summed E-state index contributed by atoms with van der Waals surface area (Å²) in [6, 6.07) is 5.69. The van der Waals surface area contributed by atoms with Crippen molar-refractivity contribution in [1.29, 1.82) is 0 Å². The molecule has 2 heterocycles. The van der Waals surface area contributed by atoms with Crippen molar-refractivity contribution in [3.8, 4) is 5.75 Å². The molecule has 1 saturated heterocycles. The zero-order valence-corrected chi connectivity index (χ0v) is 15.3. The SMILES string of the molecule is CC(=O)c1cccc2c1OB(O)[C@@H](CC(=O)CCN1CCC(N)CC1)C2. The zero-order chi connectivity index (χ0) is 18.7. The second-order valence-corrected chi connectivity index (χ2v) is 7.49. The number of hydrogen-bond acceptors (Lipinski definition) is 6. The lowest BCUT2D eigenvalue weighted by atomic mass is 9.64. The number of hydrogen-bond donors (Lipinski definition) is 2. The van der Waals surface area contributed by atoms with Crippen LogP contribution in [0.15, 0.2) is 18.2 Å². The lowest BCUT2D eigenvalue weighted by Crippen LogP contribution is -2.40. The molecule has 3 rings (SSSR count). The van der Waals surface area contributed by atoms with Gasteiger partial charge in [0.05, 0.1) is 5.56 Å². The summed E-state index contributed by atoms with van der Waals surface area (Å²) in [4.78, 5) is 26.4. The number of rotatable bonds is 6. The van der Waals surface area contributed by atoms with Gasteiger partial charge in [-0.3, -0.25) is 9.59 Å². The number of Topliss-reactive ketones (excluding diaryl/α,β-unsaturated/α-hetero) is 2. The lowest BCUT2D eigenvalue weighted by molar-refractivity contribution is -0.119. The van der Waals surface area contributed by atoms with E-state index in [9.17, 15) is 14.6 Å². The molecule has 1 aromatic rings. The molecule has 2 aliphatic heterocycles. The summed E-state index contributed by atoms with van der Waals surface area (Å²) in [6.45, 7) is 4.13. The quantitative estimate of drug-likeness (QED) is 0.591. The molecule has 0 bridgehead atoms. The molecule has 0 unspecified atom stereocenters. The molecule has 0 aliphatic carbocycles. The second-order valence-electron chi connectivity index (χ2n) is 7.49. The van der Waals surface area contributed by atoms with Crippen LogP contribution < -0.4 is 10.4 Å².